The summed E-state index contributed by atoms with van der Waals surface area (Å²) in [5.41, 5.74) is 7.05. The topological polar surface area (TPSA) is 108 Å². The standard InChI is InChI=1S/C28H29F3N4O4/c1-27(2,3)39-23(36)12-11-22(24(32)37)35-14-18-13-17(7-10-20(18)26(35)38)21-15-34(4)25(33-21)16-5-8-19(9-6-16)28(29,30)31/h5-10,13,15,22H,11-12,14H2,1-4H3,(H2,32,37). The Bertz CT molecular complexity index is 1420. The lowest BCUT2D eigenvalue weighted by atomic mass is 10.0. The van der Waals surface area contributed by atoms with Crippen molar-refractivity contribution in [3.63, 3.8) is 0 Å². The average molecular weight is 543 g/mol. The number of esters is 1. The molecule has 1 aromatic heterocycles. The molecule has 0 aliphatic carbocycles. The number of halogens is 3. The number of nitrogens with two attached hydrogens (primary N) is 1. The maximum absolute atomic E-state index is 13.1. The van der Waals surface area contributed by atoms with Gasteiger partial charge in [-0.2, -0.15) is 13.2 Å². The van der Waals surface area contributed by atoms with Gasteiger partial charge in [0.25, 0.3) is 5.91 Å². The van der Waals surface area contributed by atoms with Gasteiger partial charge in [0, 0.05) is 42.9 Å². The van der Waals surface area contributed by atoms with Gasteiger partial charge in [-0.15, -0.1) is 0 Å². The van der Waals surface area contributed by atoms with Crippen LogP contribution >= 0.6 is 0 Å². The fourth-order valence-corrected chi connectivity index (χ4v) is 4.54. The third kappa shape index (κ3) is 6.13. The molecule has 0 fully saturated rings. The molecule has 1 aliphatic heterocycles. The van der Waals surface area contributed by atoms with Crippen molar-refractivity contribution in [2.75, 3.05) is 0 Å². The van der Waals surface area contributed by atoms with E-state index in [1.807, 2.05) is 0 Å². The summed E-state index contributed by atoms with van der Waals surface area (Å²) in [6, 6.07) is 8.93. The summed E-state index contributed by atoms with van der Waals surface area (Å²) in [5.74, 6) is -1.09. The Labute approximate surface area is 223 Å². The Morgan fingerprint density at radius 1 is 1.08 bits per heavy atom. The fourth-order valence-electron chi connectivity index (χ4n) is 4.54. The van der Waals surface area contributed by atoms with E-state index in [0.29, 0.717) is 33.8 Å². The molecule has 1 unspecified atom stereocenters. The van der Waals surface area contributed by atoms with Crippen LogP contribution in [0.1, 0.15) is 55.1 Å². The number of amides is 2. The molecule has 0 saturated heterocycles. The van der Waals surface area contributed by atoms with E-state index >= 15 is 0 Å². The zero-order valence-electron chi connectivity index (χ0n) is 22.0. The first-order valence-corrected chi connectivity index (χ1v) is 12.3. The van der Waals surface area contributed by atoms with E-state index in [2.05, 4.69) is 4.98 Å². The number of hydrogen-bond donors (Lipinski definition) is 1. The van der Waals surface area contributed by atoms with Crippen LogP contribution in [0.4, 0.5) is 13.2 Å². The summed E-state index contributed by atoms with van der Waals surface area (Å²) in [7, 11) is 1.74. The van der Waals surface area contributed by atoms with E-state index in [-0.39, 0.29) is 25.3 Å². The first kappa shape index (κ1) is 27.9. The van der Waals surface area contributed by atoms with Crippen molar-refractivity contribution in [2.24, 2.45) is 12.8 Å². The van der Waals surface area contributed by atoms with Gasteiger partial charge in [-0.3, -0.25) is 14.4 Å². The number of benzene rings is 2. The maximum atomic E-state index is 13.1. The van der Waals surface area contributed by atoms with Crippen molar-refractivity contribution < 1.29 is 32.3 Å². The summed E-state index contributed by atoms with van der Waals surface area (Å²) in [4.78, 5) is 43.4. The third-order valence-electron chi connectivity index (χ3n) is 6.33. The molecule has 8 nitrogen and oxygen atoms in total. The number of alkyl halides is 3. The van der Waals surface area contributed by atoms with E-state index in [0.717, 1.165) is 12.1 Å². The Balaban J connectivity index is 1.53. The Morgan fingerprint density at radius 3 is 2.31 bits per heavy atom. The molecule has 0 saturated carbocycles. The number of hydrogen-bond acceptors (Lipinski definition) is 5. The summed E-state index contributed by atoms with van der Waals surface area (Å²) < 4.78 is 45.8. The predicted octanol–water partition coefficient (Wildman–Crippen LogP) is 4.70. The SMILES string of the molecule is Cn1cc(-c2ccc3c(c2)CN(C(CCC(=O)OC(C)(C)C)C(N)=O)C3=O)nc1-c1ccc(C(F)(F)F)cc1. The Hall–Kier alpha value is -4.15. The molecule has 4 rings (SSSR count). The minimum Gasteiger partial charge on any atom is -0.460 e. The van der Waals surface area contributed by atoms with Crippen LogP contribution in [0.2, 0.25) is 0 Å². The Morgan fingerprint density at radius 2 is 1.72 bits per heavy atom. The first-order chi connectivity index (χ1) is 18.1. The maximum Gasteiger partial charge on any atom is 0.416 e. The second kappa shape index (κ2) is 10.2. The smallest absolute Gasteiger partial charge is 0.416 e. The number of fused-ring (bicyclic) bond motifs is 1. The van der Waals surface area contributed by atoms with Gasteiger partial charge in [0.2, 0.25) is 5.91 Å². The molecule has 0 spiro atoms. The highest BCUT2D eigenvalue weighted by molar-refractivity contribution is 6.01. The number of carbonyl (C=O) groups is 3. The molecule has 0 bridgehead atoms. The summed E-state index contributed by atoms with van der Waals surface area (Å²) in [6.07, 6.45) is -2.72. The number of aromatic nitrogens is 2. The van der Waals surface area contributed by atoms with Crippen LogP contribution in [-0.2, 0) is 34.1 Å². The van der Waals surface area contributed by atoms with Crippen molar-refractivity contribution in [1.82, 2.24) is 14.5 Å². The van der Waals surface area contributed by atoms with Crippen molar-refractivity contribution in [3.05, 3.63) is 65.4 Å². The highest BCUT2D eigenvalue weighted by Gasteiger charge is 2.36. The molecule has 1 atom stereocenters. The van der Waals surface area contributed by atoms with Crippen molar-refractivity contribution >= 4 is 17.8 Å². The van der Waals surface area contributed by atoms with Crippen LogP contribution < -0.4 is 5.73 Å². The summed E-state index contributed by atoms with van der Waals surface area (Å²) >= 11 is 0. The molecule has 39 heavy (non-hydrogen) atoms. The molecule has 206 valence electrons. The van der Waals surface area contributed by atoms with Gasteiger partial charge in [0.15, 0.2) is 0 Å². The monoisotopic (exact) mass is 542 g/mol. The number of carbonyl (C=O) groups excluding carboxylic acids is 3. The van der Waals surface area contributed by atoms with E-state index in [4.69, 9.17) is 10.5 Å². The van der Waals surface area contributed by atoms with Crippen molar-refractivity contribution in [1.29, 1.82) is 0 Å². The molecule has 11 heteroatoms. The molecule has 2 heterocycles. The largest absolute Gasteiger partial charge is 0.460 e. The number of nitrogens with zero attached hydrogens (tertiary/aromatic N) is 3. The molecular formula is C28H29F3N4O4. The van der Waals surface area contributed by atoms with E-state index < -0.39 is 35.3 Å². The van der Waals surface area contributed by atoms with Crippen LogP contribution in [0.5, 0.6) is 0 Å². The van der Waals surface area contributed by atoms with E-state index in [9.17, 15) is 27.6 Å². The molecule has 2 aromatic carbocycles. The third-order valence-corrected chi connectivity index (χ3v) is 6.33. The normalized spacial score (nSPS) is 14.3. The van der Waals surface area contributed by atoms with Crippen LogP contribution in [0, 0.1) is 0 Å². The minimum absolute atomic E-state index is 0.0353. The first-order valence-electron chi connectivity index (χ1n) is 12.3. The predicted molar refractivity (Wildman–Crippen MR) is 137 cm³/mol. The van der Waals surface area contributed by atoms with Crippen LogP contribution in [0.3, 0.4) is 0 Å². The van der Waals surface area contributed by atoms with Crippen molar-refractivity contribution in [3.8, 4) is 22.6 Å². The number of primary amides is 1. The summed E-state index contributed by atoms with van der Waals surface area (Å²) in [5, 5.41) is 0. The number of ether oxygens (including phenoxy) is 1. The second-order valence-corrected chi connectivity index (χ2v) is 10.5. The lowest BCUT2D eigenvalue weighted by molar-refractivity contribution is -0.155. The number of aryl methyl sites for hydroxylation is 1. The van der Waals surface area contributed by atoms with E-state index in [1.54, 1.807) is 56.8 Å². The van der Waals surface area contributed by atoms with Gasteiger partial charge < -0.3 is 19.9 Å². The fraction of sp³-hybridized carbons (Fsp3) is 0.357. The van der Waals surface area contributed by atoms with Crippen molar-refractivity contribution in [2.45, 2.75) is 58.0 Å². The van der Waals surface area contributed by atoms with E-state index in [1.165, 1.54) is 17.0 Å². The summed E-state index contributed by atoms with van der Waals surface area (Å²) in [6.45, 7) is 5.34. The van der Waals surface area contributed by atoms with Gasteiger partial charge in [-0.25, -0.2) is 4.98 Å². The van der Waals surface area contributed by atoms with Crippen LogP contribution in [0.25, 0.3) is 22.6 Å². The van der Waals surface area contributed by atoms with Gasteiger partial charge in [0.1, 0.15) is 17.5 Å². The minimum atomic E-state index is -4.43. The van der Waals surface area contributed by atoms with Gasteiger partial charge in [-0.1, -0.05) is 18.2 Å². The molecular weight excluding hydrogens is 513 g/mol. The van der Waals surface area contributed by atoms with Crippen LogP contribution in [0.15, 0.2) is 48.7 Å². The molecule has 1 aliphatic rings. The lowest BCUT2D eigenvalue weighted by Gasteiger charge is -2.25. The number of imidazole rings is 1. The molecule has 3 aromatic rings. The molecule has 2 N–H and O–H groups in total. The highest BCUT2D eigenvalue weighted by Crippen LogP contribution is 2.33. The number of rotatable bonds is 7. The Kier molecular flexibility index (Phi) is 7.29. The van der Waals surface area contributed by atoms with Gasteiger partial charge in [-0.05, 0) is 57.0 Å². The zero-order chi connectivity index (χ0) is 28.7. The second-order valence-electron chi connectivity index (χ2n) is 10.5. The molecule has 2 amide bonds. The van der Waals surface area contributed by atoms with Gasteiger partial charge in [0.05, 0.1) is 11.3 Å². The quantitative estimate of drug-likeness (QED) is 0.436. The zero-order valence-corrected chi connectivity index (χ0v) is 22.0. The van der Waals surface area contributed by atoms with Gasteiger partial charge >= 0.3 is 12.1 Å². The average Bonchev–Trinajstić information content (AvgIpc) is 3.37. The van der Waals surface area contributed by atoms with Crippen LogP contribution in [-0.4, -0.2) is 43.9 Å². The molecule has 0 radical (unpaired) electrons. The highest BCUT2D eigenvalue weighted by atomic mass is 19.4. The lowest BCUT2D eigenvalue weighted by Crippen LogP contribution is -2.45.